The Kier molecular flexibility index (Phi) is 9.17. The van der Waals surface area contributed by atoms with Gasteiger partial charge in [0.25, 0.3) is 0 Å². The summed E-state index contributed by atoms with van der Waals surface area (Å²) in [6, 6.07) is 7.56. The molecule has 0 radical (unpaired) electrons. The molecule has 1 aromatic carbocycles. The van der Waals surface area contributed by atoms with E-state index in [9.17, 15) is 14.7 Å². The molecule has 1 amide bonds. The molecule has 1 aromatic rings. The van der Waals surface area contributed by atoms with E-state index < -0.39 is 5.97 Å². The van der Waals surface area contributed by atoms with E-state index in [0.29, 0.717) is 41.1 Å². The second-order valence-corrected chi connectivity index (χ2v) is 18.1. The van der Waals surface area contributed by atoms with Crippen molar-refractivity contribution in [2.75, 3.05) is 26.2 Å². The molecule has 6 rings (SSSR count). The van der Waals surface area contributed by atoms with Gasteiger partial charge in [-0.05, 0) is 152 Å². The van der Waals surface area contributed by atoms with E-state index in [0.717, 1.165) is 58.3 Å². The SMILES string of the molecule is C=C(C)[C@@H]1CC[C@]2(C(=O)NCCN(CC)CC)CC[C@]3(C)[C@H](CC[C@@H]4[C@@]5(C)CC=C(c6ccc(C(=O)O)cc6)C(C)(C)[C@@H]5CC[C@]43C)[C@@H]12. The Hall–Kier alpha value is -2.40. The van der Waals surface area contributed by atoms with Gasteiger partial charge in [0.2, 0.25) is 5.91 Å². The highest BCUT2D eigenvalue weighted by Crippen LogP contribution is 2.77. The standard InChI is InChI=1S/C43H64N2O3/c1-10-45(11-2)27-26-44-38(48)43-23-18-31(28(3)4)36(43)33-16-17-35-40(7)21-19-32(29-12-14-30(15-13-29)37(46)47)39(5,6)34(40)20-22-42(35,9)41(33,8)24-25-43/h12-15,19,31,33-36H,3,10-11,16-18,20-27H2,1-2,4-9H3,(H,44,48)(H,46,47)/t31-,33+,34-,35+,36+,40-,41+,42+,43-/m0/s1. The van der Waals surface area contributed by atoms with Crippen LogP contribution in [0.3, 0.4) is 0 Å². The van der Waals surface area contributed by atoms with Crippen molar-refractivity contribution in [3.63, 3.8) is 0 Å². The van der Waals surface area contributed by atoms with Gasteiger partial charge in [0.1, 0.15) is 0 Å². The maximum Gasteiger partial charge on any atom is 0.335 e. The molecule has 0 bridgehead atoms. The number of allylic oxidation sites excluding steroid dienone is 3. The number of aromatic carboxylic acids is 1. The van der Waals surface area contributed by atoms with Crippen LogP contribution in [0.15, 0.2) is 42.5 Å². The molecule has 5 aliphatic carbocycles. The van der Waals surface area contributed by atoms with Crippen molar-refractivity contribution in [1.29, 1.82) is 0 Å². The molecule has 9 atom stereocenters. The Morgan fingerprint density at radius 3 is 2.21 bits per heavy atom. The van der Waals surface area contributed by atoms with E-state index in [1.807, 2.05) is 12.1 Å². The molecule has 0 aliphatic heterocycles. The van der Waals surface area contributed by atoms with Crippen LogP contribution in [0.5, 0.6) is 0 Å². The molecular formula is C43H64N2O3. The second kappa shape index (κ2) is 12.4. The molecule has 5 nitrogen and oxygen atoms in total. The summed E-state index contributed by atoms with van der Waals surface area (Å²) in [6.07, 6.45) is 12.8. The fourth-order valence-corrected chi connectivity index (χ4v) is 13.5. The lowest BCUT2D eigenvalue weighted by Crippen LogP contribution is -2.66. The quantitative estimate of drug-likeness (QED) is 0.260. The van der Waals surface area contributed by atoms with Gasteiger partial charge in [-0.15, -0.1) is 0 Å². The Bertz CT molecular complexity index is 1460. The third-order valence-corrected chi connectivity index (χ3v) is 16.1. The van der Waals surface area contributed by atoms with Crippen LogP contribution in [0.4, 0.5) is 0 Å². The number of carboxylic acids is 1. The first-order valence-electron chi connectivity index (χ1n) is 19.3. The molecule has 2 N–H and O–H groups in total. The first kappa shape index (κ1) is 35.4. The van der Waals surface area contributed by atoms with Gasteiger partial charge in [0, 0.05) is 13.1 Å². The zero-order valence-electron chi connectivity index (χ0n) is 31.4. The number of rotatable bonds is 9. The normalized spacial score (nSPS) is 39.8. The second-order valence-electron chi connectivity index (χ2n) is 18.1. The summed E-state index contributed by atoms with van der Waals surface area (Å²) in [5.74, 6) is 2.02. The number of nitrogens with zero attached hydrogens (tertiary/aromatic N) is 1. The third-order valence-electron chi connectivity index (χ3n) is 16.1. The van der Waals surface area contributed by atoms with Gasteiger partial charge in [-0.1, -0.05) is 78.8 Å². The van der Waals surface area contributed by atoms with Crippen molar-refractivity contribution < 1.29 is 14.7 Å². The Morgan fingerprint density at radius 2 is 1.58 bits per heavy atom. The number of benzene rings is 1. The van der Waals surface area contributed by atoms with Crippen LogP contribution in [-0.4, -0.2) is 48.1 Å². The lowest BCUT2D eigenvalue weighted by atomic mass is 9.32. The highest BCUT2D eigenvalue weighted by Gasteiger charge is 2.71. The van der Waals surface area contributed by atoms with Crippen LogP contribution in [0.2, 0.25) is 0 Å². The first-order chi connectivity index (χ1) is 22.6. The number of hydrogen-bond donors (Lipinski definition) is 2. The first-order valence-corrected chi connectivity index (χ1v) is 19.3. The summed E-state index contributed by atoms with van der Waals surface area (Å²) in [4.78, 5) is 28.3. The van der Waals surface area contributed by atoms with Gasteiger partial charge >= 0.3 is 5.97 Å². The molecular weight excluding hydrogens is 592 g/mol. The minimum atomic E-state index is -0.871. The van der Waals surface area contributed by atoms with Crippen molar-refractivity contribution >= 4 is 17.4 Å². The Labute approximate surface area is 291 Å². The van der Waals surface area contributed by atoms with Crippen LogP contribution >= 0.6 is 0 Å². The van der Waals surface area contributed by atoms with Crippen LogP contribution in [0.25, 0.3) is 5.57 Å². The van der Waals surface area contributed by atoms with Crippen LogP contribution in [-0.2, 0) is 4.79 Å². The molecule has 0 saturated heterocycles. The van der Waals surface area contributed by atoms with Gasteiger partial charge in [-0.25, -0.2) is 4.79 Å². The molecule has 264 valence electrons. The summed E-state index contributed by atoms with van der Waals surface area (Å²) in [5, 5.41) is 13.0. The minimum Gasteiger partial charge on any atom is -0.478 e. The van der Waals surface area contributed by atoms with E-state index in [1.165, 1.54) is 42.4 Å². The molecule has 0 unspecified atom stereocenters. The minimum absolute atomic E-state index is 0.00172. The fourth-order valence-electron chi connectivity index (χ4n) is 13.5. The average molecular weight is 657 g/mol. The van der Waals surface area contributed by atoms with Gasteiger partial charge in [-0.2, -0.15) is 0 Å². The topological polar surface area (TPSA) is 69.6 Å². The predicted molar refractivity (Wildman–Crippen MR) is 197 cm³/mol. The average Bonchev–Trinajstić information content (AvgIpc) is 3.45. The van der Waals surface area contributed by atoms with Gasteiger partial charge in [-0.3, -0.25) is 4.79 Å². The van der Waals surface area contributed by atoms with Gasteiger partial charge in [0.05, 0.1) is 11.0 Å². The summed E-state index contributed by atoms with van der Waals surface area (Å²) in [5.41, 5.74) is 4.54. The maximum atomic E-state index is 14.4. The highest BCUT2D eigenvalue weighted by molar-refractivity contribution is 5.88. The van der Waals surface area contributed by atoms with Gasteiger partial charge in [0.15, 0.2) is 0 Å². The van der Waals surface area contributed by atoms with E-state index >= 15 is 0 Å². The van der Waals surface area contributed by atoms with Crippen molar-refractivity contribution in [3.05, 3.63) is 53.6 Å². The van der Waals surface area contributed by atoms with E-state index in [-0.39, 0.29) is 27.1 Å². The van der Waals surface area contributed by atoms with E-state index in [4.69, 9.17) is 0 Å². The zero-order valence-corrected chi connectivity index (χ0v) is 31.4. The lowest BCUT2D eigenvalue weighted by molar-refractivity contribution is -0.225. The molecule has 5 aliphatic rings. The molecule has 0 aromatic heterocycles. The fraction of sp³-hybridized carbons (Fsp3) is 0.721. The Morgan fingerprint density at radius 1 is 0.896 bits per heavy atom. The summed E-state index contributed by atoms with van der Waals surface area (Å²) < 4.78 is 0. The number of fused-ring (bicyclic) bond motifs is 7. The van der Waals surface area contributed by atoms with Crippen LogP contribution in [0.1, 0.15) is 129 Å². The molecule has 5 heteroatoms. The van der Waals surface area contributed by atoms with Crippen molar-refractivity contribution in [3.8, 4) is 0 Å². The third kappa shape index (κ3) is 5.10. The number of likely N-dealkylation sites (N-methyl/N-ethyl adjacent to an activating group) is 1. The summed E-state index contributed by atoms with van der Waals surface area (Å²) in [6.45, 7) is 27.7. The van der Waals surface area contributed by atoms with Crippen LogP contribution in [0, 0.1) is 56.7 Å². The van der Waals surface area contributed by atoms with Crippen molar-refractivity contribution in [1.82, 2.24) is 10.2 Å². The largest absolute Gasteiger partial charge is 0.478 e. The Balaban J connectivity index is 1.30. The zero-order chi connectivity index (χ0) is 34.9. The summed E-state index contributed by atoms with van der Waals surface area (Å²) in [7, 11) is 0. The number of carbonyl (C=O) groups excluding carboxylic acids is 1. The van der Waals surface area contributed by atoms with E-state index in [2.05, 4.69) is 78.3 Å². The smallest absolute Gasteiger partial charge is 0.335 e. The molecule has 48 heavy (non-hydrogen) atoms. The van der Waals surface area contributed by atoms with Crippen LogP contribution < -0.4 is 5.32 Å². The molecule has 0 heterocycles. The van der Waals surface area contributed by atoms with Crippen molar-refractivity contribution in [2.45, 2.75) is 113 Å². The lowest BCUT2D eigenvalue weighted by Gasteiger charge is -2.72. The molecule has 0 spiro atoms. The predicted octanol–water partition coefficient (Wildman–Crippen LogP) is 9.49. The van der Waals surface area contributed by atoms with Crippen molar-refractivity contribution in [2.24, 2.45) is 56.7 Å². The number of hydrogen-bond acceptors (Lipinski definition) is 3. The monoisotopic (exact) mass is 656 g/mol. The maximum absolute atomic E-state index is 14.4. The number of amides is 1. The molecule has 4 fully saturated rings. The number of nitrogens with one attached hydrogen (secondary N) is 1. The number of carbonyl (C=O) groups is 2. The highest BCUT2D eigenvalue weighted by atomic mass is 16.4. The summed E-state index contributed by atoms with van der Waals surface area (Å²) >= 11 is 0. The molecule has 4 saturated carbocycles. The number of carboxylic acid groups (broad SMARTS) is 1. The van der Waals surface area contributed by atoms with Gasteiger partial charge < -0.3 is 15.3 Å². The van der Waals surface area contributed by atoms with E-state index in [1.54, 1.807) is 12.1 Å².